The van der Waals surface area contributed by atoms with Crippen LogP contribution in [-0.4, -0.2) is 25.7 Å². The molecule has 4 bridgehead atoms. The number of rotatable bonds is 4. The van der Waals surface area contributed by atoms with Crippen LogP contribution in [0.25, 0.3) is 0 Å². The van der Waals surface area contributed by atoms with Crippen molar-refractivity contribution in [3.05, 3.63) is 12.2 Å². The Bertz CT molecular complexity index is 525. The molecule has 3 saturated carbocycles. The first-order chi connectivity index (χ1) is 10.6. The zero-order valence-corrected chi connectivity index (χ0v) is 13.2. The van der Waals surface area contributed by atoms with Crippen LogP contribution < -0.4 is 0 Å². The van der Waals surface area contributed by atoms with Gasteiger partial charge < -0.3 is 9.47 Å². The molecule has 3 fully saturated rings. The first kappa shape index (κ1) is 14.3. The lowest BCUT2D eigenvalue weighted by Crippen LogP contribution is -2.39. The minimum atomic E-state index is -0.321. The predicted octanol–water partition coefficient (Wildman–Crippen LogP) is 2.43. The maximum absolute atomic E-state index is 12.2. The van der Waals surface area contributed by atoms with E-state index in [-0.39, 0.29) is 24.5 Å². The molecule has 4 aliphatic carbocycles. The number of carbonyl (C=O) groups is 2. The van der Waals surface area contributed by atoms with Crippen molar-refractivity contribution in [2.24, 2.45) is 47.3 Å². The van der Waals surface area contributed by atoms with Crippen LogP contribution in [0.3, 0.4) is 0 Å². The summed E-state index contributed by atoms with van der Waals surface area (Å²) in [5, 5.41) is 0. The normalized spacial score (nSPS) is 44.9. The summed E-state index contributed by atoms with van der Waals surface area (Å²) in [5.41, 5.74) is 0. The summed E-state index contributed by atoms with van der Waals surface area (Å²) < 4.78 is 10.2. The summed E-state index contributed by atoms with van der Waals surface area (Å²) in [6, 6.07) is 0. The Kier molecular flexibility index (Phi) is 3.31. The molecule has 120 valence electrons. The molecule has 0 spiro atoms. The van der Waals surface area contributed by atoms with Crippen molar-refractivity contribution in [2.75, 3.05) is 13.7 Å². The zero-order valence-electron chi connectivity index (χ0n) is 13.2. The minimum absolute atomic E-state index is 0.178. The van der Waals surface area contributed by atoms with E-state index in [0.29, 0.717) is 11.8 Å². The monoisotopic (exact) mass is 304 g/mol. The van der Waals surface area contributed by atoms with Gasteiger partial charge in [-0.15, -0.1) is 0 Å². The number of ether oxygens (including phenoxy) is 2. The highest BCUT2D eigenvalue weighted by Gasteiger charge is 2.62. The van der Waals surface area contributed by atoms with Gasteiger partial charge in [0, 0.05) is 6.92 Å². The van der Waals surface area contributed by atoms with E-state index in [0.717, 1.165) is 36.0 Å². The van der Waals surface area contributed by atoms with Gasteiger partial charge in [0.05, 0.1) is 13.0 Å². The molecule has 0 radical (unpaired) electrons. The van der Waals surface area contributed by atoms with Gasteiger partial charge >= 0.3 is 11.9 Å². The number of allylic oxidation sites excluding steroid dienone is 2. The molecule has 4 rings (SSSR count). The molecule has 0 aromatic rings. The number of esters is 2. The van der Waals surface area contributed by atoms with Gasteiger partial charge in [0.15, 0.2) is 0 Å². The van der Waals surface area contributed by atoms with Crippen LogP contribution in [0.2, 0.25) is 0 Å². The van der Waals surface area contributed by atoms with Gasteiger partial charge in [0.25, 0.3) is 0 Å². The fourth-order valence-corrected chi connectivity index (χ4v) is 6.25. The lowest BCUT2D eigenvalue weighted by Gasteiger charge is -2.39. The molecular formula is C18H24O4. The second-order valence-corrected chi connectivity index (χ2v) is 7.59. The third kappa shape index (κ3) is 1.95. The third-order valence-corrected chi connectivity index (χ3v) is 6.81. The standard InChI is InChI=1S/C18H24O4/c1-9(19)22-8-15(18(20)21-2)13-6-12-7-14(13)17-11-4-3-10(5-11)16(12)17/h3-4,10-17H,5-8H2,1-2H3. The Morgan fingerprint density at radius 2 is 1.86 bits per heavy atom. The molecule has 4 heteroatoms. The number of hydrogen-bond donors (Lipinski definition) is 0. The van der Waals surface area contributed by atoms with Crippen molar-refractivity contribution in [1.29, 1.82) is 0 Å². The summed E-state index contributed by atoms with van der Waals surface area (Å²) in [6.45, 7) is 1.57. The van der Waals surface area contributed by atoms with Crippen LogP contribution >= 0.6 is 0 Å². The van der Waals surface area contributed by atoms with Crippen molar-refractivity contribution < 1.29 is 19.1 Å². The maximum Gasteiger partial charge on any atom is 0.312 e. The molecule has 4 aliphatic rings. The zero-order chi connectivity index (χ0) is 15.4. The Morgan fingerprint density at radius 3 is 2.55 bits per heavy atom. The summed E-state index contributed by atoms with van der Waals surface area (Å²) in [6.07, 6.45) is 8.51. The molecule has 8 atom stereocenters. The molecule has 0 aromatic heterocycles. The van der Waals surface area contributed by atoms with Crippen LogP contribution in [0.5, 0.6) is 0 Å². The molecule has 8 unspecified atom stereocenters. The maximum atomic E-state index is 12.2. The van der Waals surface area contributed by atoms with Crippen molar-refractivity contribution in [3.8, 4) is 0 Å². The molecule has 0 saturated heterocycles. The van der Waals surface area contributed by atoms with Crippen LogP contribution in [-0.2, 0) is 19.1 Å². The molecule has 0 amide bonds. The molecule has 4 nitrogen and oxygen atoms in total. The van der Waals surface area contributed by atoms with Crippen molar-refractivity contribution >= 4 is 11.9 Å². The smallest absolute Gasteiger partial charge is 0.312 e. The van der Waals surface area contributed by atoms with Gasteiger partial charge in [-0.25, -0.2) is 0 Å². The number of hydrogen-bond acceptors (Lipinski definition) is 4. The van der Waals surface area contributed by atoms with E-state index in [9.17, 15) is 9.59 Å². The van der Waals surface area contributed by atoms with Crippen molar-refractivity contribution in [2.45, 2.75) is 26.2 Å². The SMILES string of the molecule is COC(=O)C(COC(C)=O)C1CC2CC1C1C3C=CC(C3)C21. The lowest BCUT2D eigenvalue weighted by atomic mass is 9.66. The highest BCUT2D eigenvalue weighted by atomic mass is 16.5. The Morgan fingerprint density at radius 1 is 1.14 bits per heavy atom. The topological polar surface area (TPSA) is 52.6 Å². The minimum Gasteiger partial charge on any atom is -0.469 e. The molecule has 22 heavy (non-hydrogen) atoms. The van der Waals surface area contributed by atoms with Crippen LogP contribution in [0.15, 0.2) is 12.2 Å². The van der Waals surface area contributed by atoms with E-state index in [4.69, 9.17) is 9.47 Å². The first-order valence-electron chi connectivity index (χ1n) is 8.49. The summed E-state index contributed by atoms with van der Waals surface area (Å²) >= 11 is 0. The van der Waals surface area contributed by atoms with E-state index in [1.165, 1.54) is 26.9 Å². The van der Waals surface area contributed by atoms with Crippen LogP contribution in [0.4, 0.5) is 0 Å². The van der Waals surface area contributed by atoms with Crippen LogP contribution in [0.1, 0.15) is 26.2 Å². The average Bonchev–Trinajstić information content (AvgIpc) is 3.24. The Balaban J connectivity index is 1.53. The van der Waals surface area contributed by atoms with Crippen molar-refractivity contribution in [3.63, 3.8) is 0 Å². The second kappa shape index (κ2) is 5.10. The first-order valence-corrected chi connectivity index (χ1v) is 8.49. The number of fused-ring (bicyclic) bond motifs is 9. The molecule has 0 aliphatic heterocycles. The molecule has 0 heterocycles. The predicted molar refractivity (Wildman–Crippen MR) is 79.6 cm³/mol. The van der Waals surface area contributed by atoms with E-state index >= 15 is 0 Å². The lowest BCUT2D eigenvalue weighted by molar-refractivity contribution is -0.156. The molecule has 0 aromatic carbocycles. The van der Waals surface area contributed by atoms with Gasteiger partial charge in [0.1, 0.15) is 6.61 Å². The third-order valence-electron chi connectivity index (χ3n) is 6.81. The van der Waals surface area contributed by atoms with Crippen molar-refractivity contribution in [1.82, 2.24) is 0 Å². The van der Waals surface area contributed by atoms with Gasteiger partial charge in [0.2, 0.25) is 0 Å². The van der Waals surface area contributed by atoms with Gasteiger partial charge in [-0.2, -0.15) is 0 Å². The summed E-state index contributed by atoms with van der Waals surface area (Å²) in [4.78, 5) is 23.3. The van der Waals surface area contributed by atoms with Crippen LogP contribution in [0, 0.1) is 47.3 Å². The van der Waals surface area contributed by atoms with E-state index in [2.05, 4.69) is 12.2 Å². The fraction of sp³-hybridized carbons (Fsp3) is 0.778. The summed E-state index contributed by atoms with van der Waals surface area (Å²) in [5.74, 6) is 3.98. The van der Waals surface area contributed by atoms with E-state index in [1.807, 2.05) is 0 Å². The highest BCUT2D eigenvalue weighted by molar-refractivity contribution is 5.74. The average molecular weight is 304 g/mol. The quantitative estimate of drug-likeness (QED) is 0.455. The largest absolute Gasteiger partial charge is 0.469 e. The van der Waals surface area contributed by atoms with Gasteiger partial charge in [-0.3, -0.25) is 9.59 Å². The molecular weight excluding hydrogens is 280 g/mol. The van der Waals surface area contributed by atoms with Gasteiger partial charge in [-0.05, 0) is 60.7 Å². The fourth-order valence-electron chi connectivity index (χ4n) is 6.25. The van der Waals surface area contributed by atoms with E-state index in [1.54, 1.807) is 0 Å². The Labute approximate surface area is 131 Å². The van der Waals surface area contributed by atoms with Gasteiger partial charge in [-0.1, -0.05) is 12.2 Å². The summed E-state index contributed by atoms with van der Waals surface area (Å²) in [7, 11) is 1.43. The molecule has 0 N–H and O–H groups in total. The number of carbonyl (C=O) groups excluding carboxylic acids is 2. The number of methoxy groups -OCH3 is 1. The van der Waals surface area contributed by atoms with E-state index < -0.39 is 0 Å². The Hall–Kier alpha value is -1.32. The highest BCUT2D eigenvalue weighted by Crippen LogP contribution is 2.67. The second-order valence-electron chi connectivity index (χ2n) is 7.59.